The van der Waals surface area contributed by atoms with Crippen molar-refractivity contribution in [3.63, 3.8) is 0 Å². The van der Waals surface area contributed by atoms with Crippen LogP contribution < -0.4 is 10.1 Å². The van der Waals surface area contributed by atoms with Crippen molar-refractivity contribution in [1.82, 2.24) is 10.3 Å². The van der Waals surface area contributed by atoms with E-state index in [9.17, 15) is 22.8 Å². The highest BCUT2D eigenvalue weighted by molar-refractivity contribution is 8.15. The van der Waals surface area contributed by atoms with Gasteiger partial charge in [-0.2, -0.15) is 13.2 Å². The Morgan fingerprint density at radius 3 is 2.68 bits per heavy atom. The molecule has 2 aromatic carbocycles. The van der Waals surface area contributed by atoms with E-state index >= 15 is 0 Å². The van der Waals surface area contributed by atoms with Gasteiger partial charge in [0.25, 0.3) is 5.24 Å². The SMILES string of the molecule is O=C1NC(=O)C([C@@H]2CCc3cc(Oc4ccnc5ccc(C(F)(F)F)cc45)ccc32)S1. The van der Waals surface area contributed by atoms with Gasteiger partial charge in [0.15, 0.2) is 0 Å². The van der Waals surface area contributed by atoms with Crippen LogP contribution >= 0.6 is 11.8 Å². The van der Waals surface area contributed by atoms with Crippen LogP contribution in [0.4, 0.5) is 18.0 Å². The molecule has 2 atom stereocenters. The first kappa shape index (κ1) is 19.9. The molecule has 1 aromatic heterocycles. The minimum Gasteiger partial charge on any atom is -0.457 e. The highest BCUT2D eigenvalue weighted by Gasteiger charge is 2.41. The molecule has 1 fully saturated rings. The topological polar surface area (TPSA) is 68.3 Å². The van der Waals surface area contributed by atoms with Gasteiger partial charge in [-0.05, 0) is 60.4 Å². The van der Waals surface area contributed by atoms with Crippen LogP contribution in [0.15, 0.2) is 48.7 Å². The minimum absolute atomic E-state index is 0.0587. The molecule has 0 bridgehead atoms. The third-order valence-electron chi connectivity index (χ3n) is 5.58. The molecule has 5 rings (SSSR count). The summed E-state index contributed by atoms with van der Waals surface area (Å²) < 4.78 is 45.3. The average molecular weight is 444 g/mol. The average Bonchev–Trinajstić information content (AvgIpc) is 3.28. The molecule has 2 aliphatic rings. The van der Waals surface area contributed by atoms with Gasteiger partial charge >= 0.3 is 6.18 Å². The number of hydrogen-bond donors (Lipinski definition) is 1. The van der Waals surface area contributed by atoms with E-state index in [2.05, 4.69) is 10.3 Å². The lowest BCUT2D eigenvalue weighted by Gasteiger charge is -2.16. The Kier molecular flexibility index (Phi) is 4.65. The maximum Gasteiger partial charge on any atom is 0.416 e. The summed E-state index contributed by atoms with van der Waals surface area (Å²) in [4.78, 5) is 27.7. The number of benzene rings is 2. The molecule has 158 valence electrons. The fraction of sp³-hybridized carbons (Fsp3) is 0.227. The van der Waals surface area contributed by atoms with Gasteiger partial charge in [0.2, 0.25) is 5.91 Å². The third kappa shape index (κ3) is 3.63. The van der Waals surface area contributed by atoms with Gasteiger partial charge in [-0.25, -0.2) is 0 Å². The number of hydrogen-bond acceptors (Lipinski definition) is 5. The van der Waals surface area contributed by atoms with Crippen LogP contribution in [-0.2, 0) is 17.4 Å². The van der Waals surface area contributed by atoms with E-state index in [1.54, 1.807) is 6.07 Å². The number of amides is 2. The molecule has 1 N–H and O–H groups in total. The molecule has 9 heteroatoms. The molecular weight excluding hydrogens is 429 g/mol. The molecule has 0 radical (unpaired) electrons. The summed E-state index contributed by atoms with van der Waals surface area (Å²) in [5.41, 5.74) is 1.63. The van der Waals surface area contributed by atoms with Gasteiger partial charge in [0.1, 0.15) is 16.7 Å². The Morgan fingerprint density at radius 1 is 1.10 bits per heavy atom. The summed E-state index contributed by atoms with van der Waals surface area (Å²) in [6.07, 6.45) is -1.51. The molecule has 2 heterocycles. The lowest BCUT2D eigenvalue weighted by atomic mass is 9.97. The maximum absolute atomic E-state index is 13.1. The lowest BCUT2D eigenvalue weighted by Crippen LogP contribution is -2.27. The number of alkyl halides is 3. The molecule has 1 aliphatic heterocycles. The van der Waals surface area contributed by atoms with Crippen molar-refractivity contribution in [2.75, 3.05) is 0 Å². The molecule has 0 saturated carbocycles. The van der Waals surface area contributed by atoms with Gasteiger partial charge < -0.3 is 4.74 Å². The fourth-order valence-corrected chi connectivity index (χ4v) is 5.16. The van der Waals surface area contributed by atoms with Crippen LogP contribution in [0.3, 0.4) is 0 Å². The summed E-state index contributed by atoms with van der Waals surface area (Å²) in [5.74, 6) is 0.444. The van der Waals surface area contributed by atoms with E-state index in [0.717, 1.165) is 47.9 Å². The highest BCUT2D eigenvalue weighted by Crippen LogP contribution is 2.44. The largest absolute Gasteiger partial charge is 0.457 e. The van der Waals surface area contributed by atoms with E-state index in [1.807, 2.05) is 12.1 Å². The second-order valence-electron chi connectivity index (χ2n) is 7.46. The zero-order chi connectivity index (χ0) is 21.8. The summed E-state index contributed by atoms with van der Waals surface area (Å²) in [5, 5.41) is 1.83. The summed E-state index contributed by atoms with van der Waals surface area (Å²) in [7, 11) is 0. The monoisotopic (exact) mass is 444 g/mol. The van der Waals surface area contributed by atoms with Crippen molar-refractivity contribution in [3.8, 4) is 11.5 Å². The van der Waals surface area contributed by atoms with E-state index < -0.39 is 17.0 Å². The number of aryl methyl sites for hydroxylation is 1. The summed E-state index contributed by atoms with van der Waals surface area (Å²) >= 11 is 1.02. The van der Waals surface area contributed by atoms with Gasteiger partial charge in [-0.1, -0.05) is 17.8 Å². The number of ether oxygens (including phenoxy) is 1. The predicted molar refractivity (Wildman–Crippen MR) is 109 cm³/mol. The van der Waals surface area contributed by atoms with Crippen molar-refractivity contribution in [1.29, 1.82) is 0 Å². The van der Waals surface area contributed by atoms with E-state index in [-0.39, 0.29) is 28.2 Å². The predicted octanol–water partition coefficient (Wildman–Crippen LogP) is 5.43. The van der Waals surface area contributed by atoms with Gasteiger partial charge in [-0.15, -0.1) is 0 Å². The molecule has 0 spiro atoms. The first-order chi connectivity index (χ1) is 14.8. The van der Waals surface area contributed by atoms with Gasteiger partial charge in [0, 0.05) is 17.5 Å². The zero-order valence-electron chi connectivity index (χ0n) is 15.9. The van der Waals surface area contributed by atoms with Crippen LogP contribution in [0.1, 0.15) is 29.0 Å². The van der Waals surface area contributed by atoms with Crippen LogP contribution in [0, 0.1) is 0 Å². The number of thioether (sulfide) groups is 1. The number of carbonyl (C=O) groups is 2. The molecule has 1 saturated heterocycles. The van der Waals surface area contributed by atoms with Crippen molar-refractivity contribution in [2.24, 2.45) is 0 Å². The van der Waals surface area contributed by atoms with Crippen molar-refractivity contribution >= 4 is 33.8 Å². The van der Waals surface area contributed by atoms with Crippen LogP contribution in [0.25, 0.3) is 10.9 Å². The standard InChI is InChI=1S/C22H15F3N2O3S/c23-22(24,25)12-2-6-17-16(10-12)18(7-8-26-17)30-13-3-5-14-11(9-13)1-4-15(14)19-20(28)27-21(29)31-19/h2-3,5-10,15,19H,1,4H2,(H,27,28,29)/t15-,19?/m1/s1. The molecule has 1 unspecified atom stereocenters. The van der Waals surface area contributed by atoms with Crippen LogP contribution in [-0.4, -0.2) is 21.4 Å². The molecule has 1 aliphatic carbocycles. The minimum atomic E-state index is -4.46. The number of aromatic nitrogens is 1. The number of nitrogens with zero attached hydrogens (tertiary/aromatic N) is 1. The number of imide groups is 1. The maximum atomic E-state index is 13.1. The Bertz CT molecular complexity index is 1230. The van der Waals surface area contributed by atoms with Gasteiger partial charge in [-0.3, -0.25) is 19.9 Å². The molecule has 31 heavy (non-hydrogen) atoms. The van der Waals surface area contributed by atoms with Crippen LogP contribution in [0.2, 0.25) is 0 Å². The van der Waals surface area contributed by atoms with Gasteiger partial charge in [0.05, 0.1) is 11.1 Å². The second kappa shape index (κ2) is 7.26. The zero-order valence-corrected chi connectivity index (χ0v) is 16.7. The van der Waals surface area contributed by atoms with Crippen LogP contribution in [0.5, 0.6) is 11.5 Å². The molecule has 2 amide bonds. The van der Waals surface area contributed by atoms with E-state index in [0.29, 0.717) is 11.3 Å². The Balaban J connectivity index is 1.45. The Labute approximate surface area is 179 Å². The number of halogens is 3. The Hall–Kier alpha value is -3.07. The van der Waals surface area contributed by atoms with Crippen molar-refractivity contribution in [2.45, 2.75) is 30.2 Å². The first-order valence-corrected chi connectivity index (χ1v) is 10.5. The first-order valence-electron chi connectivity index (χ1n) is 9.58. The quantitative estimate of drug-likeness (QED) is 0.584. The number of fused-ring (bicyclic) bond motifs is 2. The molecular formula is C22H15F3N2O3S. The lowest BCUT2D eigenvalue weighted by molar-refractivity contribution is -0.137. The third-order valence-corrected chi connectivity index (χ3v) is 6.69. The molecule has 3 aromatic rings. The highest BCUT2D eigenvalue weighted by atomic mass is 32.2. The summed E-state index contributed by atoms with van der Waals surface area (Å²) in [6.45, 7) is 0. The smallest absolute Gasteiger partial charge is 0.416 e. The van der Waals surface area contributed by atoms with E-state index in [1.165, 1.54) is 18.3 Å². The summed E-state index contributed by atoms with van der Waals surface area (Å²) in [6, 6.07) is 10.3. The number of nitrogens with one attached hydrogen (secondary N) is 1. The number of rotatable bonds is 3. The van der Waals surface area contributed by atoms with Crippen molar-refractivity contribution in [3.05, 3.63) is 65.4 Å². The van der Waals surface area contributed by atoms with Crippen molar-refractivity contribution < 1.29 is 27.5 Å². The fourth-order valence-electron chi connectivity index (χ4n) is 4.15. The van der Waals surface area contributed by atoms with E-state index in [4.69, 9.17) is 4.74 Å². The number of carbonyl (C=O) groups excluding carboxylic acids is 2. The molecule has 5 nitrogen and oxygen atoms in total. The normalized spacial score (nSPS) is 20.7. The second-order valence-corrected chi connectivity index (χ2v) is 8.58. The number of pyridine rings is 1. The Morgan fingerprint density at radius 2 is 1.94 bits per heavy atom.